The summed E-state index contributed by atoms with van der Waals surface area (Å²) in [7, 11) is 3.30. The summed E-state index contributed by atoms with van der Waals surface area (Å²) in [5.74, 6) is 0.758. The maximum absolute atomic E-state index is 13.5. The third-order valence-electron chi connectivity index (χ3n) is 5.49. The molecule has 1 aliphatic rings. The summed E-state index contributed by atoms with van der Waals surface area (Å²) in [6.07, 6.45) is 1.69. The Morgan fingerprint density at radius 1 is 0.871 bits per heavy atom. The molecule has 0 spiro atoms. The zero-order valence-electron chi connectivity index (χ0n) is 17.1. The van der Waals surface area contributed by atoms with E-state index in [0.717, 1.165) is 11.3 Å². The van der Waals surface area contributed by atoms with Crippen molar-refractivity contribution in [1.29, 1.82) is 0 Å². The van der Waals surface area contributed by atoms with Crippen molar-refractivity contribution >= 4 is 34.1 Å². The van der Waals surface area contributed by atoms with E-state index >= 15 is 0 Å². The molecule has 31 heavy (non-hydrogen) atoms. The van der Waals surface area contributed by atoms with Crippen molar-refractivity contribution in [2.24, 2.45) is 0 Å². The second-order valence-corrected chi connectivity index (χ2v) is 7.24. The predicted molar refractivity (Wildman–Crippen MR) is 122 cm³/mol. The van der Waals surface area contributed by atoms with Crippen molar-refractivity contribution in [2.75, 3.05) is 19.1 Å². The number of amides is 1. The standard InChI is InChI=1S/C25H19N3O3/c1-27-20-12-6-4-9-16(20)18(24(27)29)15-23-26-19-11-5-3-10-17(19)25(30)28(23)21-13-7-8-14-22(21)31-2/h3-15H,1-2H3/b18-15+. The SMILES string of the molecule is COc1ccccc1-n1c(/C=C2/C(=O)N(C)c3ccccc32)nc2ccccc2c1=O. The van der Waals surface area contributed by atoms with Crippen molar-refractivity contribution < 1.29 is 9.53 Å². The molecule has 0 saturated carbocycles. The van der Waals surface area contributed by atoms with Gasteiger partial charge < -0.3 is 9.64 Å². The number of rotatable bonds is 3. The van der Waals surface area contributed by atoms with Crippen LogP contribution in [0.5, 0.6) is 5.75 Å². The van der Waals surface area contributed by atoms with E-state index in [1.807, 2.05) is 48.5 Å². The summed E-state index contributed by atoms with van der Waals surface area (Å²) < 4.78 is 7.01. The third-order valence-corrected chi connectivity index (χ3v) is 5.49. The summed E-state index contributed by atoms with van der Waals surface area (Å²) in [5.41, 5.74) is 3.03. The molecule has 0 aliphatic carbocycles. The van der Waals surface area contributed by atoms with Crippen molar-refractivity contribution in [3.63, 3.8) is 0 Å². The van der Waals surface area contributed by atoms with Crippen molar-refractivity contribution in [3.8, 4) is 11.4 Å². The number of methoxy groups -OCH3 is 1. The zero-order chi connectivity index (χ0) is 21.5. The normalized spacial score (nSPS) is 14.3. The van der Waals surface area contributed by atoms with Crippen LogP contribution in [0, 0.1) is 0 Å². The van der Waals surface area contributed by atoms with Crippen LogP contribution in [0.1, 0.15) is 11.4 Å². The third kappa shape index (κ3) is 2.92. The van der Waals surface area contributed by atoms with Crippen LogP contribution in [0.3, 0.4) is 0 Å². The number of fused-ring (bicyclic) bond motifs is 2. The first-order valence-electron chi connectivity index (χ1n) is 9.84. The lowest BCUT2D eigenvalue weighted by Crippen LogP contribution is -2.24. The Morgan fingerprint density at radius 3 is 2.35 bits per heavy atom. The molecule has 0 bridgehead atoms. The maximum atomic E-state index is 13.5. The number of ether oxygens (including phenoxy) is 1. The first-order valence-corrected chi connectivity index (χ1v) is 9.84. The van der Waals surface area contributed by atoms with Crippen LogP contribution in [0.25, 0.3) is 28.2 Å². The molecule has 2 heterocycles. The number of aromatic nitrogens is 2. The van der Waals surface area contributed by atoms with Gasteiger partial charge in [0.25, 0.3) is 11.5 Å². The monoisotopic (exact) mass is 409 g/mol. The number of carbonyl (C=O) groups excluding carboxylic acids is 1. The molecular weight excluding hydrogens is 390 g/mol. The molecule has 0 radical (unpaired) electrons. The summed E-state index contributed by atoms with van der Waals surface area (Å²) in [6, 6.07) is 22.0. The number of likely N-dealkylation sites (N-methyl/N-ethyl adjacent to an activating group) is 1. The van der Waals surface area contributed by atoms with Crippen LogP contribution < -0.4 is 15.2 Å². The van der Waals surface area contributed by atoms with Gasteiger partial charge in [-0.15, -0.1) is 0 Å². The van der Waals surface area contributed by atoms with Crippen molar-refractivity contribution in [2.45, 2.75) is 0 Å². The zero-order valence-corrected chi connectivity index (χ0v) is 17.1. The molecule has 0 fully saturated rings. The summed E-state index contributed by atoms with van der Waals surface area (Å²) in [4.78, 5) is 32.9. The second kappa shape index (κ2) is 7.25. The molecule has 1 aliphatic heterocycles. The minimum absolute atomic E-state index is 0.143. The highest BCUT2D eigenvalue weighted by Crippen LogP contribution is 2.36. The van der Waals surface area contributed by atoms with E-state index in [9.17, 15) is 9.59 Å². The molecule has 3 aromatic carbocycles. The quantitative estimate of drug-likeness (QED) is 0.481. The van der Waals surface area contributed by atoms with Gasteiger partial charge in [-0.3, -0.25) is 14.2 Å². The smallest absolute Gasteiger partial charge is 0.266 e. The van der Waals surface area contributed by atoms with Gasteiger partial charge in [-0.05, 0) is 36.4 Å². The van der Waals surface area contributed by atoms with Crippen molar-refractivity contribution in [1.82, 2.24) is 9.55 Å². The van der Waals surface area contributed by atoms with E-state index in [-0.39, 0.29) is 11.5 Å². The van der Waals surface area contributed by atoms with E-state index < -0.39 is 0 Å². The number of carbonyl (C=O) groups is 1. The molecule has 152 valence electrons. The van der Waals surface area contributed by atoms with Gasteiger partial charge in [0.2, 0.25) is 0 Å². The number of nitrogens with zero attached hydrogens (tertiary/aromatic N) is 3. The summed E-state index contributed by atoms with van der Waals surface area (Å²) >= 11 is 0. The highest BCUT2D eigenvalue weighted by molar-refractivity contribution is 6.35. The van der Waals surface area contributed by atoms with Gasteiger partial charge in [0.1, 0.15) is 11.6 Å². The summed E-state index contributed by atoms with van der Waals surface area (Å²) in [5, 5.41) is 0.492. The molecule has 0 saturated heterocycles. The Labute approximate surface area is 178 Å². The van der Waals surface area contributed by atoms with E-state index in [1.54, 1.807) is 49.4 Å². The van der Waals surface area contributed by atoms with E-state index in [4.69, 9.17) is 9.72 Å². The Hall–Kier alpha value is -4.19. The Bertz CT molecular complexity index is 1440. The molecule has 1 amide bonds. The van der Waals surface area contributed by atoms with Crippen LogP contribution in [0.2, 0.25) is 0 Å². The molecule has 5 rings (SSSR count). The van der Waals surface area contributed by atoms with Crippen LogP contribution in [0.15, 0.2) is 77.6 Å². The van der Waals surface area contributed by atoms with Crippen LogP contribution >= 0.6 is 0 Å². The van der Waals surface area contributed by atoms with Gasteiger partial charge in [-0.2, -0.15) is 0 Å². The Kier molecular flexibility index (Phi) is 4.40. The largest absolute Gasteiger partial charge is 0.495 e. The van der Waals surface area contributed by atoms with Gasteiger partial charge in [0.05, 0.1) is 35.0 Å². The Balaban J connectivity index is 1.85. The van der Waals surface area contributed by atoms with Gasteiger partial charge in [0, 0.05) is 12.6 Å². The van der Waals surface area contributed by atoms with Crippen molar-refractivity contribution in [3.05, 3.63) is 94.5 Å². The fraction of sp³-hybridized carbons (Fsp3) is 0.0800. The molecule has 6 nitrogen and oxygen atoms in total. The van der Waals surface area contributed by atoms with Crippen LogP contribution in [0.4, 0.5) is 5.69 Å². The topological polar surface area (TPSA) is 64.4 Å². The van der Waals surface area contributed by atoms with Gasteiger partial charge in [-0.1, -0.05) is 42.5 Å². The van der Waals surface area contributed by atoms with Crippen LogP contribution in [-0.4, -0.2) is 29.6 Å². The average molecular weight is 409 g/mol. The number of hydrogen-bond acceptors (Lipinski definition) is 4. The van der Waals surface area contributed by atoms with E-state index in [2.05, 4.69) is 0 Å². The van der Waals surface area contributed by atoms with E-state index in [0.29, 0.717) is 33.7 Å². The molecule has 1 aromatic heterocycles. The first-order chi connectivity index (χ1) is 15.1. The summed E-state index contributed by atoms with van der Waals surface area (Å²) in [6.45, 7) is 0. The minimum Gasteiger partial charge on any atom is -0.495 e. The lowest BCUT2D eigenvalue weighted by molar-refractivity contribution is -0.112. The lowest BCUT2D eigenvalue weighted by atomic mass is 10.1. The second-order valence-electron chi connectivity index (χ2n) is 7.24. The molecule has 0 atom stereocenters. The number of anilines is 1. The molecule has 6 heteroatoms. The van der Waals surface area contributed by atoms with Crippen LogP contribution in [-0.2, 0) is 4.79 Å². The molecular formula is C25H19N3O3. The molecule has 4 aromatic rings. The number of para-hydroxylation sites is 4. The maximum Gasteiger partial charge on any atom is 0.266 e. The lowest BCUT2D eigenvalue weighted by Gasteiger charge is -2.15. The average Bonchev–Trinajstić information content (AvgIpc) is 3.04. The first kappa shape index (κ1) is 18.8. The highest BCUT2D eigenvalue weighted by Gasteiger charge is 2.30. The van der Waals surface area contributed by atoms with Gasteiger partial charge in [-0.25, -0.2) is 4.98 Å². The molecule has 0 unspecified atom stereocenters. The minimum atomic E-state index is -0.228. The highest BCUT2D eigenvalue weighted by atomic mass is 16.5. The molecule has 0 N–H and O–H groups in total. The van der Waals surface area contributed by atoms with E-state index in [1.165, 1.54) is 4.57 Å². The fourth-order valence-electron chi connectivity index (χ4n) is 3.96. The fourth-order valence-corrected chi connectivity index (χ4v) is 3.96. The number of hydrogen-bond donors (Lipinski definition) is 0. The van der Waals surface area contributed by atoms with Gasteiger partial charge in [0.15, 0.2) is 0 Å². The predicted octanol–water partition coefficient (Wildman–Crippen LogP) is 3.91. The number of benzene rings is 3. The Morgan fingerprint density at radius 2 is 1.55 bits per heavy atom. The van der Waals surface area contributed by atoms with Gasteiger partial charge >= 0.3 is 0 Å².